The van der Waals surface area contributed by atoms with Crippen LogP contribution in [0.5, 0.6) is 0 Å². The number of hydrogen-bond donors (Lipinski definition) is 2. The molecule has 0 aromatic heterocycles. The topological polar surface area (TPSA) is 40.5 Å². The van der Waals surface area contributed by atoms with Crippen molar-refractivity contribution in [3.63, 3.8) is 0 Å². The van der Waals surface area contributed by atoms with Gasteiger partial charge in [0, 0.05) is 12.0 Å². The smallest absolute Gasteiger partial charge is 0.0650 e. The average Bonchev–Trinajstić information content (AvgIpc) is 2.06. The first kappa shape index (κ1) is 12.7. The molecule has 1 atom stereocenters. The number of hydrogen-bond acceptors (Lipinski definition) is 2. The van der Waals surface area contributed by atoms with Gasteiger partial charge in [0.2, 0.25) is 0 Å². The highest BCUT2D eigenvalue weighted by atomic mass is 16.3. The zero-order valence-corrected chi connectivity index (χ0v) is 9.17. The van der Waals surface area contributed by atoms with E-state index < -0.39 is 6.10 Å². The molecule has 0 spiro atoms. The third-order valence-corrected chi connectivity index (χ3v) is 2.79. The summed E-state index contributed by atoms with van der Waals surface area (Å²) in [6.45, 7) is 8.17. The third kappa shape index (κ3) is 3.12. The van der Waals surface area contributed by atoms with Crippen molar-refractivity contribution in [2.45, 2.75) is 46.6 Å². The summed E-state index contributed by atoms with van der Waals surface area (Å²) < 4.78 is 0. The largest absolute Gasteiger partial charge is 0.396 e. The normalized spacial score (nSPS) is 16.0. The lowest BCUT2D eigenvalue weighted by atomic mass is 9.76. The van der Waals surface area contributed by atoms with E-state index in [0.29, 0.717) is 6.42 Å². The van der Waals surface area contributed by atoms with Crippen molar-refractivity contribution in [1.29, 1.82) is 0 Å². The molecule has 0 saturated carbocycles. The summed E-state index contributed by atoms with van der Waals surface area (Å²) >= 11 is 0. The molecule has 0 bridgehead atoms. The van der Waals surface area contributed by atoms with Crippen LogP contribution in [0.15, 0.2) is 11.6 Å². The molecular weight excluding hydrogens is 164 g/mol. The summed E-state index contributed by atoms with van der Waals surface area (Å²) in [5, 5.41) is 18.6. The maximum Gasteiger partial charge on any atom is 0.0650 e. The van der Waals surface area contributed by atoms with E-state index in [-0.39, 0.29) is 12.0 Å². The molecule has 0 aromatic carbocycles. The number of allylic oxidation sites excluding steroid dienone is 1. The highest BCUT2D eigenvalue weighted by Crippen LogP contribution is 2.33. The summed E-state index contributed by atoms with van der Waals surface area (Å²) in [5.74, 6) is 0. The van der Waals surface area contributed by atoms with Crippen LogP contribution in [0.3, 0.4) is 0 Å². The first-order chi connectivity index (χ1) is 6.00. The molecule has 0 radical (unpaired) electrons. The maximum absolute atomic E-state index is 9.81. The molecule has 2 N–H and O–H groups in total. The lowest BCUT2D eigenvalue weighted by molar-refractivity contribution is 0.0488. The standard InChI is InChI=1S/C11H22O2/c1-5-9(6-2)11(3,4)10(13)7-8-12/h5,10,12-13H,6-8H2,1-4H3/b9-5+/t10-/m0/s1. The molecule has 0 unspecified atom stereocenters. The first-order valence-corrected chi connectivity index (χ1v) is 4.95. The van der Waals surface area contributed by atoms with Gasteiger partial charge in [-0.2, -0.15) is 0 Å². The SMILES string of the molecule is C/C=C(\CC)C(C)(C)[C@@H](O)CCO. The Kier molecular flexibility index (Phi) is 5.26. The van der Waals surface area contributed by atoms with E-state index in [1.807, 2.05) is 20.8 Å². The molecule has 0 aliphatic heterocycles. The van der Waals surface area contributed by atoms with E-state index in [1.165, 1.54) is 5.57 Å². The number of rotatable bonds is 5. The number of aliphatic hydroxyl groups is 2. The molecule has 0 aromatic rings. The molecule has 0 fully saturated rings. The van der Waals surface area contributed by atoms with E-state index in [9.17, 15) is 5.11 Å². The van der Waals surface area contributed by atoms with Gasteiger partial charge in [-0.25, -0.2) is 0 Å². The Balaban J connectivity index is 4.52. The Hall–Kier alpha value is -0.340. The molecule has 2 heteroatoms. The summed E-state index contributed by atoms with van der Waals surface area (Å²) in [4.78, 5) is 0. The second-order valence-corrected chi connectivity index (χ2v) is 3.92. The predicted molar refractivity (Wildman–Crippen MR) is 55.5 cm³/mol. The van der Waals surface area contributed by atoms with Crippen molar-refractivity contribution < 1.29 is 10.2 Å². The predicted octanol–water partition coefficient (Wildman–Crippen LogP) is 2.11. The molecular formula is C11H22O2. The lowest BCUT2D eigenvalue weighted by Gasteiger charge is -2.32. The second kappa shape index (κ2) is 5.40. The Morgan fingerprint density at radius 1 is 1.46 bits per heavy atom. The highest BCUT2D eigenvalue weighted by molar-refractivity contribution is 5.12. The zero-order valence-electron chi connectivity index (χ0n) is 9.17. The van der Waals surface area contributed by atoms with Gasteiger partial charge in [-0.1, -0.05) is 32.4 Å². The van der Waals surface area contributed by atoms with Crippen LogP contribution in [0.1, 0.15) is 40.5 Å². The lowest BCUT2D eigenvalue weighted by Crippen LogP contribution is -2.32. The van der Waals surface area contributed by atoms with Crippen LogP contribution < -0.4 is 0 Å². The summed E-state index contributed by atoms with van der Waals surface area (Å²) in [5.41, 5.74) is 1.03. The minimum atomic E-state index is -0.455. The van der Waals surface area contributed by atoms with E-state index in [0.717, 1.165) is 6.42 Å². The summed E-state index contributed by atoms with van der Waals surface area (Å²) in [6, 6.07) is 0. The van der Waals surface area contributed by atoms with Gasteiger partial charge in [-0.15, -0.1) is 0 Å². The van der Waals surface area contributed by atoms with E-state index in [1.54, 1.807) is 0 Å². The van der Waals surface area contributed by atoms with Gasteiger partial charge in [0.1, 0.15) is 0 Å². The Morgan fingerprint density at radius 2 is 2.00 bits per heavy atom. The van der Waals surface area contributed by atoms with Crippen LogP contribution in [-0.2, 0) is 0 Å². The minimum absolute atomic E-state index is 0.0469. The van der Waals surface area contributed by atoms with Crippen LogP contribution in [0, 0.1) is 5.41 Å². The molecule has 0 rings (SSSR count). The van der Waals surface area contributed by atoms with Gasteiger partial charge in [-0.3, -0.25) is 0 Å². The van der Waals surface area contributed by atoms with Gasteiger partial charge in [0.25, 0.3) is 0 Å². The zero-order chi connectivity index (χ0) is 10.5. The van der Waals surface area contributed by atoms with Gasteiger partial charge in [-0.05, 0) is 19.8 Å². The van der Waals surface area contributed by atoms with E-state index in [4.69, 9.17) is 5.11 Å². The molecule has 0 aliphatic carbocycles. The summed E-state index contributed by atoms with van der Waals surface area (Å²) in [7, 11) is 0. The second-order valence-electron chi connectivity index (χ2n) is 3.92. The Labute approximate surface area is 81.3 Å². The molecule has 0 heterocycles. The Morgan fingerprint density at radius 3 is 2.31 bits per heavy atom. The highest BCUT2D eigenvalue weighted by Gasteiger charge is 2.29. The fraction of sp³-hybridized carbons (Fsp3) is 0.818. The third-order valence-electron chi connectivity index (χ3n) is 2.79. The average molecular weight is 186 g/mol. The first-order valence-electron chi connectivity index (χ1n) is 4.95. The van der Waals surface area contributed by atoms with Crippen molar-refractivity contribution in [2.24, 2.45) is 5.41 Å². The van der Waals surface area contributed by atoms with E-state index in [2.05, 4.69) is 13.0 Å². The van der Waals surface area contributed by atoms with Crippen LogP contribution in [0.4, 0.5) is 0 Å². The minimum Gasteiger partial charge on any atom is -0.396 e. The van der Waals surface area contributed by atoms with Gasteiger partial charge < -0.3 is 10.2 Å². The quantitative estimate of drug-likeness (QED) is 0.646. The van der Waals surface area contributed by atoms with E-state index >= 15 is 0 Å². The van der Waals surface area contributed by atoms with Crippen LogP contribution in [0.2, 0.25) is 0 Å². The fourth-order valence-corrected chi connectivity index (χ4v) is 1.73. The van der Waals surface area contributed by atoms with Crippen molar-refractivity contribution in [3.8, 4) is 0 Å². The summed E-state index contributed by atoms with van der Waals surface area (Å²) in [6.07, 6.45) is 3.00. The molecule has 0 amide bonds. The maximum atomic E-state index is 9.81. The van der Waals surface area contributed by atoms with Gasteiger partial charge in [0.05, 0.1) is 6.10 Å². The van der Waals surface area contributed by atoms with Crippen molar-refractivity contribution in [1.82, 2.24) is 0 Å². The Bertz CT molecular complexity index is 171. The van der Waals surface area contributed by atoms with Gasteiger partial charge in [0.15, 0.2) is 0 Å². The molecule has 78 valence electrons. The monoisotopic (exact) mass is 186 g/mol. The molecule has 0 aliphatic rings. The van der Waals surface area contributed by atoms with Crippen LogP contribution >= 0.6 is 0 Å². The molecule has 0 saturated heterocycles. The molecule has 2 nitrogen and oxygen atoms in total. The van der Waals surface area contributed by atoms with Crippen LogP contribution in [-0.4, -0.2) is 22.9 Å². The fourth-order valence-electron chi connectivity index (χ4n) is 1.73. The van der Waals surface area contributed by atoms with Crippen LogP contribution in [0.25, 0.3) is 0 Å². The van der Waals surface area contributed by atoms with Crippen molar-refractivity contribution >= 4 is 0 Å². The number of aliphatic hydroxyl groups excluding tert-OH is 2. The van der Waals surface area contributed by atoms with Crippen molar-refractivity contribution in [3.05, 3.63) is 11.6 Å². The van der Waals surface area contributed by atoms with Crippen molar-refractivity contribution in [2.75, 3.05) is 6.61 Å². The van der Waals surface area contributed by atoms with Gasteiger partial charge >= 0.3 is 0 Å². The molecule has 13 heavy (non-hydrogen) atoms.